The first-order chi connectivity index (χ1) is 16.8. The summed E-state index contributed by atoms with van der Waals surface area (Å²) in [4.78, 5) is 32.1. The summed E-state index contributed by atoms with van der Waals surface area (Å²) < 4.78 is 43.2. The van der Waals surface area contributed by atoms with Crippen molar-refractivity contribution in [2.75, 3.05) is 5.32 Å². The molecule has 0 saturated carbocycles. The number of non-ortho nitro benzene ring substituents is 1. The van der Waals surface area contributed by atoms with Gasteiger partial charge >= 0.3 is 7.60 Å². The standard InChI is InChI=1S/C21H23N4O9PS/c1-3-13(2)34-35(30,31)21(14-8-5-4-6-9-14)23-20-15-10-7-11-18(36(22,32)33)19(15)16(24(26)27)12-17(20)25(28)29/h4-13,21,23H,3H2,1-2H3,(H,30,31)(H2,22,32,33). The summed E-state index contributed by atoms with van der Waals surface area (Å²) in [6.45, 7) is 3.31. The molecule has 3 aromatic carbocycles. The number of primary sulfonamides is 1. The molecule has 0 fully saturated rings. The third-order valence-corrected chi connectivity index (χ3v) is 8.10. The lowest BCUT2D eigenvalue weighted by Crippen LogP contribution is -2.18. The lowest BCUT2D eigenvalue weighted by molar-refractivity contribution is -0.392. The predicted octanol–water partition coefficient (Wildman–Crippen LogP) is 4.41. The van der Waals surface area contributed by atoms with E-state index in [2.05, 4.69) is 5.32 Å². The van der Waals surface area contributed by atoms with Gasteiger partial charge in [0.1, 0.15) is 5.69 Å². The van der Waals surface area contributed by atoms with Gasteiger partial charge in [-0.2, -0.15) is 0 Å². The number of benzene rings is 3. The Hall–Kier alpha value is -3.42. The average Bonchev–Trinajstić information content (AvgIpc) is 2.80. The molecule has 0 aliphatic rings. The van der Waals surface area contributed by atoms with Crippen LogP contribution in [0.4, 0.5) is 17.1 Å². The monoisotopic (exact) mass is 538 g/mol. The second kappa shape index (κ2) is 10.3. The molecule has 3 aromatic rings. The molecule has 0 radical (unpaired) electrons. The molecule has 0 amide bonds. The molecule has 192 valence electrons. The van der Waals surface area contributed by atoms with Crippen molar-refractivity contribution in [2.24, 2.45) is 5.14 Å². The summed E-state index contributed by atoms with van der Waals surface area (Å²) in [6, 6.07) is 11.8. The van der Waals surface area contributed by atoms with Crippen LogP contribution in [-0.4, -0.2) is 29.3 Å². The van der Waals surface area contributed by atoms with E-state index in [1.807, 2.05) is 0 Å². The Morgan fingerprint density at radius 3 is 2.22 bits per heavy atom. The van der Waals surface area contributed by atoms with E-state index in [1.54, 1.807) is 32.0 Å². The number of hydrogen-bond acceptors (Lipinski definition) is 9. The van der Waals surface area contributed by atoms with Crippen molar-refractivity contribution in [1.29, 1.82) is 0 Å². The van der Waals surface area contributed by atoms with Crippen LogP contribution in [0, 0.1) is 20.2 Å². The predicted molar refractivity (Wildman–Crippen MR) is 132 cm³/mol. The molecule has 36 heavy (non-hydrogen) atoms. The fourth-order valence-corrected chi connectivity index (χ4v) is 6.01. The minimum atomic E-state index is -4.58. The van der Waals surface area contributed by atoms with Gasteiger partial charge in [-0.15, -0.1) is 0 Å². The first kappa shape index (κ1) is 27.2. The summed E-state index contributed by atoms with van der Waals surface area (Å²) in [7, 11) is -9.07. The molecule has 0 aromatic heterocycles. The molecule has 4 N–H and O–H groups in total. The summed E-state index contributed by atoms with van der Waals surface area (Å²) in [6.07, 6.45) is -0.254. The van der Waals surface area contributed by atoms with Gasteiger partial charge in [0.05, 0.1) is 32.3 Å². The maximum atomic E-state index is 13.4. The van der Waals surface area contributed by atoms with Crippen LogP contribution in [0.2, 0.25) is 0 Å². The van der Waals surface area contributed by atoms with Crippen LogP contribution in [0.5, 0.6) is 0 Å². The number of rotatable bonds is 10. The Kier molecular flexibility index (Phi) is 7.76. The highest BCUT2D eigenvalue weighted by molar-refractivity contribution is 7.89. The summed E-state index contributed by atoms with van der Waals surface area (Å²) in [5.74, 6) is -1.55. The molecular formula is C21H23N4O9PS. The van der Waals surface area contributed by atoms with Crippen LogP contribution in [0.25, 0.3) is 10.8 Å². The van der Waals surface area contributed by atoms with Crippen molar-refractivity contribution >= 4 is 45.5 Å². The number of nitro groups is 2. The average molecular weight is 538 g/mol. The Labute approximate surface area is 205 Å². The van der Waals surface area contributed by atoms with Gasteiger partial charge in [0.25, 0.3) is 11.4 Å². The molecular weight excluding hydrogens is 515 g/mol. The largest absolute Gasteiger partial charge is 0.362 e. The van der Waals surface area contributed by atoms with Gasteiger partial charge in [-0.1, -0.05) is 49.4 Å². The zero-order valence-electron chi connectivity index (χ0n) is 19.1. The molecule has 13 nitrogen and oxygen atoms in total. The molecule has 0 bridgehead atoms. The van der Waals surface area contributed by atoms with Crippen LogP contribution >= 0.6 is 7.60 Å². The Balaban J connectivity index is 2.39. The van der Waals surface area contributed by atoms with Crippen LogP contribution in [0.3, 0.4) is 0 Å². The van der Waals surface area contributed by atoms with Crippen molar-refractivity contribution in [3.8, 4) is 0 Å². The normalized spacial score (nSPS) is 15.1. The van der Waals surface area contributed by atoms with Gasteiger partial charge in [0, 0.05) is 5.39 Å². The molecule has 0 aliphatic carbocycles. The Morgan fingerprint density at radius 2 is 1.69 bits per heavy atom. The number of nitro benzene ring substituents is 2. The zero-order valence-corrected chi connectivity index (χ0v) is 20.8. The van der Waals surface area contributed by atoms with Gasteiger partial charge in [0.2, 0.25) is 10.0 Å². The smallest absolute Gasteiger partial charge is 0.354 e. The first-order valence-electron chi connectivity index (χ1n) is 10.5. The summed E-state index contributed by atoms with van der Waals surface area (Å²) in [5, 5.41) is 30.9. The van der Waals surface area contributed by atoms with Crippen LogP contribution in [0.1, 0.15) is 31.6 Å². The molecule has 3 rings (SSSR count). The molecule has 0 saturated heterocycles. The fraction of sp³-hybridized carbons (Fsp3) is 0.238. The highest BCUT2D eigenvalue weighted by atomic mass is 32.2. The molecule has 15 heteroatoms. The van der Waals surface area contributed by atoms with Crippen molar-refractivity contribution in [3.05, 3.63) is 80.4 Å². The van der Waals surface area contributed by atoms with E-state index in [0.29, 0.717) is 12.5 Å². The van der Waals surface area contributed by atoms with E-state index in [4.69, 9.17) is 9.66 Å². The van der Waals surface area contributed by atoms with E-state index in [-0.39, 0.29) is 10.9 Å². The van der Waals surface area contributed by atoms with Gasteiger partial charge in [-0.25, -0.2) is 13.6 Å². The van der Waals surface area contributed by atoms with E-state index in [9.17, 15) is 38.1 Å². The number of nitrogens with two attached hydrogens (primary N) is 1. The summed E-state index contributed by atoms with van der Waals surface area (Å²) >= 11 is 0. The van der Waals surface area contributed by atoms with E-state index in [1.165, 1.54) is 24.3 Å². The summed E-state index contributed by atoms with van der Waals surface area (Å²) in [5.41, 5.74) is -1.87. The molecule has 0 spiro atoms. The molecule has 3 unspecified atom stereocenters. The zero-order chi connectivity index (χ0) is 26.8. The number of nitrogens with one attached hydrogen (secondary N) is 1. The number of nitrogens with zero attached hydrogens (tertiary/aromatic N) is 2. The van der Waals surface area contributed by atoms with Crippen molar-refractivity contribution in [2.45, 2.75) is 37.1 Å². The highest BCUT2D eigenvalue weighted by Gasteiger charge is 2.38. The first-order valence-corrected chi connectivity index (χ1v) is 13.7. The van der Waals surface area contributed by atoms with Crippen LogP contribution in [0.15, 0.2) is 59.5 Å². The topological polar surface area (TPSA) is 205 Å². The molecule has 0 aliphatic heterocycles. The van der Waals surface area contributed by atoms with Crippen molar-refractivity contribution < 1.29 is 32.2 Å². The number of fused-ring (bicyclic) bond motifs is 1. The lowest BCUT2D eigenvalue weighted by Gasteiger charge is -2.27. The van der Waals surface area contributed by atoms with E-state index in [0.717, 1.165) is 6.07 Å². The molecule has 0 heterocycles. The van der Waals surface area contributed by atoms with Crippen LogP contribution < -0.4 is 10.5 Å². The number of hydrogen-bond donors (Lipinski definition) is 3. The third-order valence-electron chi connectivity index (χ3n) is 5.41. The lowest BCUT2D eigenvalue weighted by atomic mass is 10.0. The Bertz CT molecular complexity index is 1480. The van der Waals surface area contributed by atoms with Gasteiger partial charge in [0.15, 0.2) is 5.78 Å². The maximum Gasteiger partial charge on any atom is 0.354 e. The minimum absolute atomic E-state index is 0.232. The second-order valence-corrected chi connectivity index (χ2v) is 11.3. The minimum Gasteiger partial charge on any atom is -0.362 e. The van der Waals surface area contributed by atoms with E-state index < -0.39 is 66.7 Å². The quantitative estimate of drug-likeness (QED) is 0.188. The van der Waals surface area contributed by atoms with Gasteiger partial charge < -0.3 is 14.7 Å². The molecule has 3 atom stereocenters. The number of sulfonamides is 1. The van der Waals surface area contributed by atoms with Crippen molar-refractivity contribution in [3.63, 3.8) is 0 Å². The van der Waals surface area contributed by atoms with Crippen LogP contribution in [-0.2, 0) is 19.1 Å². The highest BCUT2D eigenvalue weighted by Crippen LogP contribution is 2.58. The van der Waals surface area contributed by atoms with Gasteiger partial charge in [-0.3, -0.25) is 24.8 Å². The van der Waals surface area contributed by atoms with Gasteiger partial charge in [-0.05, 0) is 25.0 Å². The maximum absolute atomic E-state index is 13.4. The Morgan fingerprint density at radius 1 is 1.08 bits per heavy atom. The SMILES string of the molecule is CCC(C)OP(=O)(O)C(Nc1c([N+](=O)[O-])cc([N+](=O)[O-])c2c(S(N)(=O)=O)cccc12)c1ccccc1. The second-order valence-electron chi connectivity index (χ2n) is 7.87. The van der Waals surface area contributed by atoms with E-state index >= 15 is 0 Å². The fourth-order valence-electron chi connectivity index (χ4n) is 3.61. The van der Waals surface area contributed by atoms with Crippen molar-refractivity contribution in [1.82, 2.24) is 0 Å². The third kappa shape index (κ3) is 5.53. The number of anilines is 1.